The molecule has 1 heterocycles. The van der Waals surface area contributed by atoms with Gasteiger partial charge in [0.15, 0.2) is 5.96 Å². The first-order chi connectivity index (χ1) is 10.6. The Kier molecular flexibility index (Phi) is 6.21. The average Bonchev–Trinajstić information content (AvgIpc) is 2.91. The molecule has 0 aliphatic heterocycles. The highest BCUT2D eigenvalue weighted by Gasteiger charge is 2.09. The Labute approximate surface area is 140 Å². The first-order valence-electron chi connectivity index (χ1n) is 7.23. The van der Waals surface area contributed by atoms with E-state index in [2.05, 4.69) is 22.1 Å². The van der Waals surface area contributed by atoms with Crippen LogP contribution >= 0.6 is 22.9 Å². The maximum atomic E-state index is 6.24. The maximum Gasteiger partial charge on any atom is 0.194 e. The van der Waals surface area contributed by atoms with Crippen LogP contribution in [0.2, 0.25) is 5.02 Å². The van der Waals surface area contributed by atoms with Gasteiger partial charge in [0, 0.05) is 30.0 Å². The first-order valence-corrected chi connectivity index (χ1v) is 8.49. The number of aliphatic imine (C=N–C) groups is 1. The van der Waals surface area contributed by atoms with Gasteiger partial charge in [0.1, 0.15) is 0 Å². The molecular formula is C16H21ClN4S. The third-order valence-electron chi connectivity index (χ3n) is 3.28. The summed E-state index contributed by atoms with van der Waals surface area (Å²) in [7, 11) is 2.02. The molecule has 0 saturated heterocycles. The van der Waals surface area contributed by atoms with E-state index in [0.717, 1.165) is 28.8 Å². The zero-order chi connectivity index (χ0) is 15.9. The van der Waals surface area contributed by atoms with E-state index in [0.29, 0.717) is 13.1 Å². The van der Waals surface area contributed by atoms with Crippen molar-refractivity contribution in [3.05, 3.63) is 50.9 Å². The minimum absolute atomic E-state index is 0.645. The number of benzene rings is 1. The Morgan fingerprint density at radius 2 is 2.18 bits per heavy atom. The molecule has 1 aromatic heterocycles. The van der Waals surface area contributed by atoms with Crippen LogP contribution in [0.1, 0.15) is 23.1 Å². The largest absolute Gasteiger partial charge is 0.357 e. The Morgan fingerprint density at radius 3 is 2.82 bits per heavy atom. The number of rotatable bonds is 5. The smallest absolute Gasteiger partial charge is 0.194 e. The van der Waals surface area contributed by atoms with E-state index in [1.165, 1.54) is 4.88 Å². The van der Waals surface area contributed by atoms with Gasteiger partial charge in [0.25, 0.3) is 0 Å². The first kappa shape index (κ1) is 16.8. The second-order valence-corrected chi connectivity index (χ2v) is 6.33. The van der Waals surface area contributed by atoms with Crippen LogP contribution in [-0.4, -0.2) is 29.4 Å². The fraction of sp³-hybridized carbons (Fsp3) is 0.375. The van der Waals surface area contributed by atoms with Crippen LogP contribution in [0, 0.1) is 6.92 Å². The summed E-state index contributed by atoms with van der Waals surface area (Å²) in [5, 5.41) is 4.10. The van der Waals surface area contributed by atoms with Crippen molar-refractivity contribution in [2.24, 2.45) is 4.99 Å². The number of aryl methyl sites for hydroxylation is 1. The van der Waals surface area contributed by atoms with Gasteiger partial charge in [-0.15, -0.1) is 11.3 Å². The van der Waals surface area contributed by atoms with E-state index in [4.69, 9.17) is 16.6 Å². The van der Waals surface area contributed by atoms with Crippen molar-refractivity contribution in [1.29, 1.82) is 0 Å². The predicted octanol–water partition coefficient (Wildman–Crippen LogP) is 3.70. The van der Waals surface area contributed by atoms with Crippen molar-refractivity contribution in [1.82, 2.24) is 15.2 Å². The van der Waals surface area contributed by atoms with Crippen LogP contribution in [0.3, 0.4) is 0 Å². The molecule has 4 nitrogen and oxygen atoms in total. The molecule has 0 fully saturated rings. The summed E-state index contributed by atoms with van der Waals surface area (Å²) in [5.74, 6) is 0.871. The number of thiazole rings is 1. The summed E-state index contributed by atoms with van der Waals surface area (Å²) >= 11 is 7.88. The Balaban J connectivity index is 2.09. The minimum atomic E-state index is 0.645. The highest BCUT2D eigenvalue weighted by molar-refractivity contribution is 7.09. The van der Waals surface area contributed by atoms with Crippen LogP contribution < -0.4 is 5.32 Å². The van der Waals surface area contributed by atoms with Gasteiger partial charge in [-0.05, 0) is 25.5 Å². The van der Waals surface area contributed by atoms with Gasteiger partial charge < -0.3 is 10.2 Å². The Morgan fingerprint density at radius 1 is 1.41 bits per heavy atom. The third kappa shape index (κ3) is 4.45. The van der Waals surface area contributed by atoms with Gasteiger partial charge in [-0.2, -0.15) is 0 Å². The maximum absolute atomic E-state index is 6.24. The van der Waals surface area contributed by atoms with Crippen LogP contribution in [0.5, 0.6) is 0 Å². The molecule has 0 unspecified atom stereocenters. The van der Waals surface area contributed by atoms with Gasteiger partial charge in [-0.1, -0.05) is 29.8 Å². The van der Waals surface area contributed by atoms with E-state index in [1.807, 2.05) is 43.7 Å². The van der Waals surface area contributed by atoms with Crippen molar-refractivity contribution < 1.29 is 0 Å². The molecule has 2 aromatic rings. The lowest BCUT2D eigenvalue weighted by Gasteiger charge is -2.22. The Hall–Kier alpha value is -1.59. The molecule has 6 heteroatoms. The summed E-state index contributed by atoms with van der Waals surface area (Å²) in [4.78, 5) is 12.2. The molecule has 0 saturated carbocycles. The van der Waals surface area contributed by atoms with Gasteiger partial charge in [0.05, 0.1) is 17.7 Å². The third-order valence-corrected chi connectivity index (χ3v) is 4.57. The molecular weight excluding hydrogens is 316 g/mol. The molecule has 0 amide bonds. The standard InChI is InChI=1S/C16H21ClN4S/c1-4-18-16(19-9-15-12(2)20-11-22-15)21(3)10-13-7-5-6-8-14(13)17/h5-8,11H,4,9-10H2,1-3H3,(H,18,19). The van der Waals surface area contributed by atoms with Gasteiger partial charge in [-0.25, -0.2) is 9.98 Å². The van der Waals surface area contributed by atoms with Crippen LogP contribution in [0.15, 0.2) is 34.8 Å². The summed E-state index contributed by atoms with van der Waals surface area (Å²) in [6.45, 7) is 6.27. The summed E-state index contributed by atoms with van der Waals surface area (Å²) in [5.41, 5.74) is 4.00. The molecule has 0 radical (unpaired) electrons. The molecule has 0 aliphatic carbocycles. The molecule has 1 aromatic carbocycles. The van der Waals surface area contributed by atoms with Gasteiger partial charge >= 0.3 is 0 Å². The molecule has 1 N–H and O–H groups in total. The quantitative estimate of drug-likeness (QED) is 0.668. The fourth-order valence-electron chi connectivity index (χ4n) is 2.05. The zero-order valence-electron chi connectivity index (χ0n) is 13.1. The van der Waals surface area contributed by atoms with Crippen LogP contribution in [0.4, 0.5) is 0 Å². The van der Waals surface area contributed by atoms with Crippen molar-refractivity contribution in [2.45, 2.75) is 26.9 Å². The average molecular weight is 337 g/mol. The van der Waals surface area contributed by atoms with Crippen molar-refractivity contribution >= 4 is 28.9 Å². The second kappa shape index (κ2) is 8.15. The fourth-order valence-corrected chi connectivity index (χ4v) is 2.95. The topological polar surface area (TPSA) is 40.5 Å². The number of nitrogens with zero attached hydrogens (tertiary/aromatic N) is 3. The predicted molar refractivity (Wildman–Crippen MR) is 94.6 cm³/mol. The molecule has 22 heavy (non-hydrogen) atoms. The van der Waals surface area contributed by atoms with Gasteiger partial charge in [-0.3, -0.25) is 0 Å². The molecule has 118 valence electrons. The number of hydrogen-bond acceptors (Lipinski definition) is 3. The van der Waals surface area contributed by atoms with E-state index >= 15 is 0 Å². The second-order valence-electron chi connectivity index (χ2n) is 4.98. The highest BCUT2D eigenvalue weighted by Crippen LogP contribution is 2.17. The van der Waals surface area contributed by atoms with Crippen molar-refractivity contribution in [3.8, 4) is 0 Å². The lowest BCUT2D eigenvalue weighted by Crippen LogP contribution is -2.38. The van der Waals surface area contributed by atoms with Crippen LogP contribution in [-0.2, 0) is 13.1 Å². The molecule has 0 atom stereocenters. The summed E-state index contributed by atoms with van der Waals surface area (Å²) < 4.78 is 0. The van der Waals surface area contributed by atoms with E-state index in [-0.39, 0.29) is 0 Å². The minimum Gasteiger partial charge on any atom is -0.357 e. The number of hydrogen-bond donors (Lipinski definition) is 1. The number of halogens is 1. The lowest BCUT2D eigenvalue weighted by molar-refractivity contribution is 0.477. The molecule has 0 spiro atoms. The number of nitrogens with one attached hydrogen (secondary N) is 1. The lowest BCUT2D eigenvalue weighted by atomic mass is 10.2. The summed E-state index contributed by atoms with van der Waals surface area (Å²) in [6.07, 6.45) is 0. The summed E-state index contributed by atoms with van der Waals surface area (Å²) in [6, 6.07) is 7.89. The van der Waals surface area contributed by atoms with E-state index in [9.17, 15) is 0 Å². The monoisotopic (exact) mass is 336 g/mol. The normalized spacial score (nSPS) is 11.5. The zero-order valence-corrected chi connectivity index (χ0v) is 14.7. The van der Waals surface area contributed by atoms with E-state index < -0.39 is 0 Å². The number of aromatic nitrogens is 1. The Bertz CT molecular complexity index is 639. The molecule has 0 aliphatic rings. The van der Waals surface area contributed by atoms with Crippen molar-refractivity contribution in [2.75, 3.05) is 13.6 Å². The molecule has 0 bridgehead atoms. The van der Waals surface area contributed by atoms with Gasteiger partial charge in [0.2, 0.25) is 0 Å². The highest BCUT2D eigenvalue weighted by atomic mass is 35.5. The molecule has 2 rings (SSSR count). The SMILES string of the molecule is CCNC(=NCc1scnc1C)N(C)Cc1ccccc1Cl. The van der Waals surface area contributed by atoms with Crippen LogP contribution in [0.25, 0.3) is 0 Å². The van der Waals surface area contributed by atoms with E-state index in [1.54, 1.807) is 11.3 Å². The van der Waals surface area contributed by atoms with Crippen molar-refractivity contribution in [3.63, 3.8) is 0 Å². The number of guanidine groups is 1.